The van der Waals surface area contributed by atoms with E-state index in [2.05, 4.69) is 40.2 Å². The second-order valence-electron chi connectivity index (χ2n) is 4.31. The first-order valence-electron chi connectivity index (χ1n) is 6.36. The minimum absolute atomic E-state index is 0.796. The van der Waals surface area contributed by atoms with E-state index in [1.807, 2.05) is 30.3 Å². The van der Waals surface area contributed by atoms with Crippen molar-refractivity contribution in [1.29, 1.82) is 0 Å². The van der Waals surface area contributed by atoms with Gasteiger partial charge in [-0.1, -0.05) is 46.3 Å². The predicted octanol–water partition coefficient (Wildman–Crippen LogP) is 4.72. The molecule has 0 saturated heterocycles. The first-order valence-corrected chi connectivity index (χ1v) is 7.16. The van der Waals surface area contributed by atoms with Crippen LogP contribution < -0.4 is 9.47 Å². The molecule has 0 fully saturated rings. The minimum Gasteiger partial charge on any atom is -0.497 e. The Bertz CT molecular complexity index is 606. The molecule has 2 nitrogen and oxygen atoms in total. The second kappa shape index (κ2) is 7.15. The summed E-state index contributed by atoms with van der Waals surface area (Å²) >= 11 is 3.55. The largest absolute Gasteiger partial charge is 0.497 e. The van der Waals surface area contributed by atoms with Crippen molar-refractivity contribution in [2.24, 2.45) is 0 Å². The molecule has 3 heteroatoms. The van der Waals surface area contributed by atoms with Gasteiger partial charge >= 0.3 is 0 Å². The molecule has 20 heavy (non-hydrogen) atoms. The Morgan fingerprint density at radius 1 is 1.05 bits per heavy atom. The van der Waals surface area contributed by atoms with Crippen molar-refractivity contribution in [3.05, 3.63) is 64.1 Å². The van der Waals surface area contributed by atoms with Crippen LogP contribution in [0.1, 0.15) is 11.1 Å². The molecule has 0 aliphatic rings. The van der Waals surface area contributed by atoms with Gasteiger partial charge in [0.05, 0.1) is 14.2 Å². The van der Waals surface area contributed by atoms with E-state index in [0.29, 0.717) is 0 Å². The van der Waals surface area contributed by atoms with Gasteiger partial charge in [0.2, 0.25) is 0 Å². The number of benzene rings is 2. The summed E-state index contributed by atoms with van der Waals surface area (Å²) in [6.07, 6.45) is 5.07. The zero-order chi connectivity index (χ0) is 14.4. The molecule has 2 rings (SSSR count). The van der Waals surface area contributed by atoms with Gasteiger partial charge in [-0.2, -0.15) is 0 Å². The number of ether oxygens (including phenoxy) is 2. The standard InChI is InChI=1S/C17H17BrO2/c1-19-15-11-10-14(17(12-15)20-2)8-5-7-13-6-3-4-9-16(13)18/h3-6,8-12H,7H2,1-2H3/b8-5+. The SMILES string of the molecule is COc1ccc(/C=C/Cc2ccccc2Br)c(OC)c1. The molecular formula is C17H17BrO2. The normalized spacial score (nSPS) is 10.8. The topological polar surface area (TPSA) is 18.5 Å². The van der Waals surface area contributed by atoms with Crippen LogP contribution in [0.15, 0.2) is 53.0 Å². The average Bonchev–Trinajstić information content (AvgIpc) is 2.49. The highest BCUT2D eigenvalue weighted by atomic mass is 79.9. The number of rotatable bonds is 5. The molecule has 0 saturated carbocycles. The minimum atomic E-state index is 0.796. The first-order chi connectivity index (χ1) is 9.74. The van der Waals surface area contributed by atoms with Gasteiger partial charge in [0, 0.05) is 16.1 Å². The Kier molecular flexibility index (Phi) is 5.24. The summed E-state index contributed by atoms with van der Waals surface area (Å²) < 4.78 is 11.7. The summed E-state index contributed by atoms with van der Waals surface area (Å²) in [4.78, 5) is 0. The van der Waals surface area contributed by atoms with Crippen LogP contribution in [-0.4, -0.2) is 14.2 Å². The average molecular weight is 333 g/mol. The number of allylic oxidation sites excluding steroid dienone is 1. The van der Waals surface area contributed by atoms with Gasteiger partial charge in [-0.3, -0.25) is 0 Å². The third-order valence-corrected chi connectivity index (χ3v) is 3.81. The fourth-order valence-corrected chi connectivity index (χ4v) is 2.38. The monoisotopic (exact) mass is 332 g/mol. The molecule has 0 heterocycles. The highest BCUT2D eigenvalue weighted by molar-refractivity contribution is 9.10. The molecular weight excluding hydrogens is 316 g/mol. The number of hydrogen-bond acceptors (Lipinski definition) is 2. The third kappa shape index (κ3) is 3.64. The molecule has 0 amide bonds. The Balaban J connectivity index is 2.13. The van der Waals surface area contributed by atoms with E-state index >= 15 is 0 Å². The van der Waals surface area contributed by atoms with E-state index in [1.165, 1.54) is 5.56 Å². The number of halogens is 1. The van der Waals surface area contributed by atoms with E-state index in [1.54, 1.807) is 14.2 Å². The van der Waals surface area contributed by atoms with E-state index in [9.17, 15) is 0 Å². The van der Waals surface area contributed by atoms with E-state index < -0.39 is 0 Å². The van der Waals surface area contributed by atoms with E-state index in [0.717, 1.165) is 28.0 Å². The summed E-state index contributed by atoms with van der Waals surface area (Å²) in [6, 6.07) is 14.0. The Morgan fingerprint density at radius 3 is 2.55 bits per heavy atom. The smallest absolute Gasteiger partial charge is 0.129 e. The summed E-state index contributed by atoms with van der Waals surface area (Å²) in [7, 11) is 3.32. The lowest BCUT2D eigenvalue weighted by atomic mass is 10.1. The molecule has 0 spiro atoms. The highest BCUT2D eigenvalue weighted by Gasteiger charge is 2.02. The number of methoxy groups -OCH3 is 2. The van der Waals surface area contributed by atoms with Crippen molar-refractivity contribution in [3.63, 3.8) is 0 Å². The second-order valence-corrected chi connectivity index (χ2v) is 5.16. The lowest BCUT2D eigenvalue weighted by molar-refractivity contribution is 0.394. The van der Waals surface area contributed by atoms with Crippen LogP contribution in [0.5, 0.6) is 11.5 Å². The van der Waals surface area contributed by atoms with Crippen molar-refractivity contribution in [2.45, 2.75) is 6.42 Å². The van der Waals surface area contributed by atoms with Crippen molar-refractivity contribution in [3.8, 4) is 11.5 Å². The highest BCUT2D eigenvalue weighted by Crippen LogP contribution is 2.26. The van der Waals surface area contributed by atoms with E-state index in [-0.39, 0.29) is 0 Å². The Morgan fingerprint density at radius 2 is 1.85 bits per heavy atom. The van der Waals surface area contributed by atoms with Gasteiger partial charge in [0.1, 0.15) is 11.5 Å². The van der Waals surface area contributed by atoms with Gasteiger partial charge in [-0.05, 0) is 30.2 Å². The van der Waals surface area contributed by atoms with Crippen LogP contribution in [0.3, 0.4) is 0 Å². The lowest BCUT2D eigenvalue weighted by Crippen LogP contribution is -1.89. The fraction of sp³-hybridized carbons (Fsp3) is 0.176. The quantitative estimate of drug-likeness (QED) is 0.788. The molecule has 0 aromatic heterocycles. The molecule has 0 atom stereocenters. The van der Waals surface area contributed by atoms with Gasteiger partial charge in [-0.25, -0.2) is 0 Å². The van der Waals surface area contributed by atoms with Crippen LogP contribution in [0.25, 0.3) is 6.08 Å². The van der Waals surface area contributed by atoms with Gasteiger partial charge in [-0.15, -0.1) is 0 Å². The predicted molar refractivity (Wildman–Crippen MR) is 86.4 cm³/mol. The molecule has 0 N–H and O–H groups in total. The van der Waals surface area contributed by atoms with Crippen molar-refractivity contribution >= 4 is 22.0 Å². The maximum atomic E-state index is 5.37. The molecule has 2 aromatic carbocycles. The van der Waals surface area contributed by atoms with Gasteiger partial charge in [0.15, 0.2) is 0 Å². The maximum absolute atomic E-state index is 5.37. The van der Waals surface area contributed by atoms with Crippen LogP contribution in [0.4, 0.5) is 0 Å². The third-order valence-electron chi connectivity index (χ3n) is 3.03. The maximum Gasteiger partial charge on any atom is 0.129 e. The summed E-state index contributed by atoms with van der Waals surface area (Å²) in [6.45, 7) is 0. The van der Waals surface area contributed by atoms with E-state index in [4.69, 9.17) is 9.47 Å². The van der Waals surface area contributed by atoms with Crippen molar-refractivity contribution in [1.82, 2.24) is 0 Å². The van der Waals surface area contributed by atoms with Crippen LogP contribution >= 0.6 is 15.9 Å². The molecule has 0 bridgehead atoms. The fourth-order valence-electron chi connectivity index (χ4n) is 1.93. The van der Waals surface area contributed by atoms with Crippen LogP contribution in [-0.2, 0) is 6.42 Å². The molecule has 0 unspecified atom stereocenters. The van der Waals surface area contributed by atoms with Gasteiger partial charge < -0.3 is 9.47 Å². The lowest BCUT2D eigenvalue weighted by Gasteiger charge is -2.07. The molecule has 2 aromatic rings. The summed E-state index contributed by atoms with van der Waals surface area (Å²) in [5.74, 6) is 1.61. The molecule has 104 valence electrons. The molecule has 0 aliphatic heterocycles. The molecule has 0 radical (unpaired) electrons. The zero-order valence-electron chi connectivity index (χ0n) is 11.6. The van der Waals surface area contributed by atoms with Crippen LogP contribution in [0, 0.1) is 0 Å². The Hall–Kier alpha value is -1.74. The summed E-state index contributed by atoms with van der Waals surface area (Å²) in [5.41, 5.74) is 2.30. The van der Waals surface area contributed by atoms with Crippen molar-refractivity contribution in [2.75, 3.05) is 14.2 Å². The molecule has 0 aliphatic carbocycles. The zero-order valence-corrected chi connectivity index (χ0v) is 13.2. The summed E-state index contributed by atoms with van der Waals surface area (Å²) in [5, 5.41) is 0. The van der Waals surface area contributed by atoms with Crippen LogP contribution in [0.2, 0.25) is 0 Å². The number of hydrogen-bond donors (Lipinski definition) is 0. The van der Waals surface area contributed by atoms with Crippen molar-refractivity contribution < 1.29 is 9.47 Å². The first kappa shape index (κ1) is 14.7. The van der Waals surface area contributed by atoms with Gasteiger partial charge in [0.25, 0.3) is 0 Å². The Labute approximate surface area is 128 Å².